The maximum absolute atomic E-state index is 2.34. The molecule has 178 valence electrons. The van der Waals surface area contributed by atoms with Crippen LogP contribution in [0.1, 0.15) is 0 Å². The van der Waals surface area contributed by atoms with E-state index in [1.807, 2.05) is 11.3 Å². The Hall–Kier alpha value is -4.66. The van der Waals surface area contributed by atoms with Gasteiger partial charge in [-0.2, -0.15) is 0 Å². The molecule has 0 N–H and O–H groups in total. The summed E-state index contributed by atoms with van der Waals surface area (Å²) in [5, 5.41) is 10.6. The summed E-state index contributed by atoms with van der Waals surface area (Å²) >= 11 is 1.91. The van der Waals surface area contributed by atoms with Crippen LogP contribution in [-0.2, 0) is 0 Å². The summed E-state index contributed by atoms with van der Waals surface area (Å²) < 4.78 is 2.72. The topological polar surface area (TPSA) is 3.24 Å². The summed E-state index contributed by atoms with van der Waals surface area (Å²) in [5.74, 6) is 0. The van der Waals surface area contributed by atoms with Crippen LogP contribution < -0.4 is 4.90 Å². The molecule has 0 aliphatic heterocycles. The standard InChI is InChI=1S/C36H23NS/c1-3-11-25(12-4-1)37(26-13-5-2-6-14-26)27-20-22-28-24(23-27)19-21-32-34(28)29-15-7-8-16-30(29)36-35(32)31-17-9-10-18-33(31)38-36/h1-23H. The molecule has 0 radical (unpaired) electrons. The zero-order chi connectivity index (χ0) is 25.1. The normalized spacial score (nSPS) is 11.7. The predicted molar refractivity (Wildman–Crippen MR) is 167 cm³/mol. The van der Waals surface area contributed by atoms with Crippen LogP contribution in [0, 0.1) is 0 Å². The lowest BCUT2D eigenvalue weighted by atomic mass is 9.93. The predicted octanol–water partition coefficient (Wildman–Crippen LogP) is 11.0. The summed E-state index contributed by atoms with van der Waals surface area (Å²) in [6.07, 6.45) is 0. The fourth-order valence-corrected chi connectivity index (χ4v) is 7.21. The first-order valence-electron chi connectivity index (χ1n) is 13.0. The van der Waals surface area contributed by atoms with Gasteiger partial charge in [0.05, 0.1) is 0 Å². The van der Waals surface area contributed by atoms with E-state index in [9.17, 15) is 0 Å². The summed E-state index contributed by atoms with van der Waals surface area (Å²) in [6, 6.07) is 50.5. The second-order valence-corrected chi connectivity index (χ2v) is 10.8. The summed E-state index contributed by atoms with van der Waals surface area (Å²) in [4.78, 5) is 2.33. The van der Waals surface area contributed by atoms with Gasteiger partial charge in [0.25, 0.3) is 0 Å². The molecule has 1 heterocycles. The Balaban J connectivity index is 1.45. The highest BCUT2D eigenvalue weighted by atomic mass is 32.1. The molecular formula is C36H23NS. The molecule has 0 amide bonds. The Morgan fingerprint density at radius 3 is 1.74 bits per heavy atom. The molecule has 0 saturated carbocycles. The number of hydrogen-bond donors (Lipinski definition) is 0. The maximum atomic E-state index is 2.34. The average Bonchev–Trinajstić information content (AvgIpc) is 3.38. The van der Waals surface area contributed by atoms with Crippen molar-refractivity contribution in [1.82, 2.24) is 0 Å². The Morgan fingerprint density at radius 1 is 0.395 bits per heavy atom. The number of anilines is 3. The lowest BCUT2D eigenvalue weighted by Gasteiger charge is -2.26. The van der Waals surface area contributed by atoms with Gasteiger partial charge < -0.3 is 4.90 Å². The summed E-state index contributed by atoms with van der Waals surface area (Å²) in [5.41, 5.74) is 3.45. The van der Waals surface area contributed by atoms with Gasteiger partial charge in [-0.25, -0.2) is 0 Å². The third kappa shape index (κ3) is 3.17. The first kappa shape index (κ1) is 21.4. The smallest absolute Gasteiger partial charge is 0.0468 e. The summed E-state index contributed by atoms with van der Waals surface area (Å²) in [6.45, 7) is 0. The van der Waals surface area contributed by atoms with E-state index in [1.165, 1.54) is 52.5 Å². The molecule has 1 nitrogen and oxygen atoms in total. The fourth-order valence-electron chi connectivity index (χ4n) is 5.96. The number of fused-ring (bicyclic) bond motifs is 10. The Kier molecular flexibility index (Phi) is 4.76. The van der Waals surface area contributed by atoms with Crippen LogP contribution in [0.5, 0.6) is 0 Å². The molecule has 0 fully saturated rings. The number of rotatable bonds is 3. The lowest BCUT2D eigenvalue weighted by Crippen LogP contribution is -2.09. The Morgan fingerprint density at radius 2 is 1.00 bits per heavy atom. The quantitative estimate of drug-likeness (QED) is 0.218. The third-order valence-corrected chi connectivity index (χ3v) is 8.80. The average molecular weight is 502 g/mol. The molecule has 0 spiro atoms. The van der Waals surface area contributed by atoms with Gasteiger partial charge in [-0.1, -0.05) is 97.1 Å². The van der Waals surface area contributed by atoms with E-state index >= 15 is 0 Å². The molecule has 8 rings (SSSR count). The largest absolute Gasteiger partial charge is 0.310 e. The number of para-hydroxylation sites is 2. The lowest BCUT2D eigenvalue weighted by molar-refractivity contribution is 1.29. The van der Waals surface area contributed by atoms with E-state index in [0.717, 1.165) is 17.1 Å². The molecule has 8 aromatic rings. The van der Waals surface area contributed by atoms with Crippen molar-refractivity contribution < 1.29 is 0 Å². The van der Waals surface area contributed by atoms with Crippen LogP contribution in [0.2, 0.25) is 0 Å². The molecule has 0 unspecified atom stereocenters. The van der Waals surface area contributed by atoms with Gasteiger partial charge >= 0.3 is 0 Å². The first-order valence-corrected chi connectivity index (χ1v) is 13.8. The molecule has 7 aromatic carbocycles. The van der Waals surface area contributed by atoms with Crippen molar-refractivity contribution in [3.63, 3.8) is 0 Å². The Labute approximate surface area is 224 Å². The minimum atomic E-state index is 1.15. The molecule has 2 heteroatoms. The highest BCUT2D eigenvalue weighted by molar-refractivity contribution is 7.27. The number of benzene rings is 7. The van der Waals surface area contributed by atoms with E-state index in [4.69, 9.17) is 0 Å². The van der Waals surface area contributed by atoms with Crippen LogP contribution in [0.15, 0.2) is 140 Å². The van der Waals surface area contributed by atoms with Gasteiger partial charge in [0.1, 0.15) is 0 Å². The molecule has 1 aromatic heterocycles. The maximum Gasteiger partial charge on any atom is 0.0468 e. The van der Waals surface area contributed by atoms with Gasteiger partial charge in [-0.05, 0) is 69.4 Å². The van der Waals surface area contributed by atoms with E-state index in [2.05, 4.69) is 144 Å². The number of nitrogens with zero attached hydrogens (tertiary/aromatic N) is 1. The second kappa shape index (κ2) is 8.44. The molecule has 0 bridgehead atoms. The van der Waals surface area contributed by atoms with Gasteiger partial charge in [0.2, 0.25) is 0 Å². The van der Waals surface area contributed by atoms with Crippen molar-refractivity contribution in [1.29, 1.82) is 0 Å². The summed E-state index contributed by atoms with van der Waals surface area (Å²) in [7, 11) is 0. The molecule has 0 atom stereocenters. The van der Waals surface area contributed by atoms with Gasteiger partial charge in [0.15, 0.2) is 0 Å². The van der Waals surface area contributed by atoms with E-state index in [0.29, 0.717) is 0 Å². The molecule has 38 heavy (non-hydrogen) atoms. The molecular weight excluding hydrogens is 478 g/mol. The zero-order valence-electron chi connectivity index (χ0n) is 20.6. The van der Waals surface area contributed by atoms with Crippen molar-refractivity contribution in [3.8, 4) is 0 Å². The van der Waals surface area contributed by atoms with Crippen LogP contribution in [0.4, 0.5) is 17.1 Å². The van der Waals surface area contributed by atoms with Crippen molar-refractivity contribution in [2.75, 3.05) is 4.90 Å². The molecule has 0 aliphatic carbocycles. The van der Waals surface area contributed by atoms with Crippen molar-refractivity contribution >= 4 is 80.9 Å². The number of hydrogen-bond acceptors (Lipinski definition) is 2. The van der Waals surface area contributed by atoms with E-state index < -0.39 is 0 Å². The number of thiophene rings is 1. The van der Waals surface area contributed by atoms with Gasteiger partial charge in [-0.15, -0.1) is 11.3 Å². The first-order chi connectivity index (χ1) is 18.9. The van der Waals surface area contributed by atoms with Gasteiger partial charge in [-0.3, -0.25) is 0 Å². The van der Waals surface area contributed by atoms with E-state index in [1.54, 1.807) is 0 Å². The zero-order valence-corrected chi connectivity index (χ0v) is 21.5. The van der Waals surface area contributed by atoms with Crippen molar-refractivity contribution in [3.05, 3.63) is 140 Å². The molecule has 0 saturated heterocycles. The van der Waals surface area contributed by atoms with Crippen molar-refractivity contribution in [2.45, 2.75) is 0 Å². The van der Waals surface area contributed by atoms with Crippen molar-refractivity contribution in [2.24, 2.45) is 0 Å². The van der Waals surface area contributed by atoms with Crippen LogP contribution in [0.3, 0.4) is 0 Å². The minimum absolute atomic E-state index is 1.15. The Bertz CT molecular complexity index is 2090. The van der Waals surface area contributed by atoms with Crippen LogP contribution >= 0.6 is 11.3 Å². The van der Waals surface area contributed by atoms with Crippen LogP contribution in [-0.4, -0.2) is 0 Å². The molecule has 0 aliphatic rings. The fraction of sp³-hybridized carbons (Fsp3) is 0. The van der Waals surface area contributed by atoms with E-state index in [-0.39, 0.29) is 0 Å². The monoisotopic (exact) mass is 501 g/mol. The van der Waals surface area contributed by atoms with Gasteiger partial charge in [0, 0.05) is 42.6 Å². The highest BCUT2D eigenvalue weighted by Gasteiger charge is 2.17. The highest BCUT2D eigenvalue weighted by Crippen LogP contribution is 2.46. The van der Waals surface area contributed by atoms with Crippen LogP contribution in [0.25, 0.3) is 52.5 Å². The SMILES string of the molecule is c1ccc(N(c2ccccc2)c2ccc3c(ccc4c3c3ccccc3c3sc5ccccc5c43)c2)cc1. The second-order valence-electron chi connectivity index (χ2n) is 9.75. The third-order valence-electron chi connectivity index (χ3n) is 7.60. The minimum Gasteiger partial charge on any atom is -0.310 e.